The third-order valence-corrected chi connectivity index (χ3v) is 4.92. The highest BCUT2D eigenvalue weighted by molar-refractivity contribution is 6.03. The number of nitrogens with zero attached hydrogens (tertiary/aromatic N) is 1. The van der Waals surface area contributed by atoms with Gasteiger partial charge in [-0.05, 0) is 36.6 Å². The van der Waals surface area contributed by atoms with Crippen molar-refractivity contribution >= 4 is 17.4 Å². The third-order valence-electron chi connectivity index (χ3n) is 4.92. The number of anilines is 1. The fourth-order valence-corrected chi connectivity index (χ4v) is 3.58. The van der Waals surface area contributed by atoms with E-state index < -0.39 is 0 Å². The summed E-state index contributed by atoms with van der Waals surface area (Å²) in [6.07, 6.45) is 8.64. The topological polar surface area (TPSA) is 37.4 Å². The number of carbonyl (C=O) groups is 2. The first-order valence-corrected chi connectivity index (χ1v) is 8.10. The highest BCUT2D eigenvalue weighted by Gasteiger charge is 2.26. The number of fused-ring (bicyclic) bond motifs is 1. The zero-order chi connectivity index (χ0) is 14.8. The molecule has 1 heterocycles. The van der Waals surface area contributed by atoms with Crippen LogP contribution in [0.2, 0.25) is 0 Å². The zero-order valence-corrected chi connectivity index (χ0v) is 12.7. The standard InChI is InChI=1S/C18H23NO2/c1-19-16-10-9-14(11-15(16)12-17(19)20)18(21)13-7-5-3-2-4-6-8-13/h9-11,13H,2-8,12H2,1H3. The van der Waals surface area contributed by atoms with E-state index in [1.165, 1.54) is 32.1 Å². The lowest BCUT2D eigenvalue weighted by molar-refractivity contribution is -0.117. The van der Waals surface area contributed by atoms with Gasteiger partial charge in [-0.1, -0.05) is 32.1 Å². The van der Waals surface area contributed by atoms with Gasteiger partial charge in [-0.2, -0.15) is 0 Å². The number of Topliss-reactive ketones (excluding diaryl/α,β-unsaturated/α-hetero) is 1. The molecule has 0 aromatic heterocycles. The molecule has 0 radical (unpaired) electrons. The second kappa shape index (κ2) is 6.00. The fourth-order valence-electron chi connectivity index (χ4n) is 3.58. The van der Waals surface area contributed by atoms with E-state index in [0.717, 1.165) is 29.7 Å². The minimum atomic E-state index is 0.112. The van der Waals surface area contributed by atoms with Crippen LogP contribution >= 0.6 is 0 Å². The summed E-state index contributed by atoms with van der Waals surface area (Å²) in [5.41, 5.74) is 2.75. The molecular formula is C18H23NO2. The Balaban J connectivity index is 1.79. The number of hydrogen-bond acceptors (Lipinski definition) is 2. The molecule has 1 fully saturated rings. The maximum atomic E-state index is 12.7. The molecule has 3 rings (SSSR count). The van der Waals surface area contributed by atoms with Crippen molar-refractivity contribution in [2.75, 3.05) is 11.9 Å². The predicted molar refractivity (Wildman–Crippen MR) is 83.7 cm³/mol. The van der Waals surface area contributed by atoms with Crippen molar-refractivity contribution in [3.05, 3.63) is 29.3 Å². The van der Waals surface area contributed by atoms with Gasteiger partial charge in [0.05, 0.1) is 6.42 Å². The molecule has 1 aliphatic carbocycles. The summed E-state index contributed by atoms with van der Waals surface area (Å²) in [5.74, 6) is 0.570. The van der Waals surface area contributed by atoms with E-state index in [1.54, 1.807) is 11.9 Å². The van der Waals surface area contributed by atoms with Gasteiger partial charge >= 0.3 is 0 Å². The largest absolute Gasteiger partial charge is 0.315 e. The van der Waals surface area contributed by atoms with Gasteiger partial charge < -0.3 is 4.90 Å². The van der Waals surface area contributed by atoms with E-state index in [4.69, 9.17) is 0 Å². The summed E-state index contributed by atoms with van der Waals surface area (Å²) < 4.78 is 0. The molecule has 1 aromatic rings. The number of benzene rings is 1. The third kappa shape index (κ3) is 2.87. The first-order chi connectivity index (χ1) is 10.2. The van der Waals surface area contributed by atoms with Crippen LogP contribution in [-0.2, 0) is 11.2 Å². The first kappa shape index (κ1) is 14.3. The summed E-state index contributed by atoms with van der Waals surface area (Å²) in [7, 11) is 1.80. The molecule has 0 N–H and O–H groups in total. The number of amides is 1. The van der Waals surface area contributed by atoms with E-state index >= 15 is 0 Å². The van der Waals surface area contributed by atoms with Crippen molar-refractivity contribution in [2.24, 2.45) is 5.92 Å². The highest BCUT2D eigenvalue weighted by Crippen LogP contribution is 2.31. The van der Waals surface area contributed by atoms with Crippen LogP contribution in [0.1, 0.15) is 60.9 Å². The van der Waals surface area contributed by atoms with Gasteiger partial charge in [0.1, 0.15) is 0 Å². The summed E-state index contributed by atoms with van der Waals surface area (Å²) in [5, 5.41) is 0. The summed E-state index contributed by atoms with van der Waals surface area (Å²) >= 11 is 0. The van der Waals surface area contributed by atoms with Gasteiger partial charge in [-0.3, -0.25) is 9.59 Å². The second-order valence-electron chi connectivity index (χ2n) is 6.38. The molecule has 0 atom stereocenters. The number of ketones is 1. The van der Waals surface area contributed by atoms with Crippen molar-refractivity contribution in [3.63, 3.8) is 0 Å². The van der Waals surface area contributed by atoms with Crippen molar-refractivity contribution in [3.8, 4) is 0 Å². The van der Waals surface area contributed by atoms with Crippen LogP contribution < -0.4 is 4.90 Å². The number of rotatable bonds is 2. The molecule has 2 aliphatic rings. The molecule has 1 aromatic carbocycles. The van der Waals surface area contributed by atoms with Gasteiger partial charge in [0.15, 0.2) is 5.78 Å². The molecule has 1 amide bonds. The zero-order valence-electron chi connectivity index (χ0n) is 12.7. The Kier molecular flexibility index (Phi) is 4.09. The predicted octanol–water partition coefficient (Wildman–Crippen LogP) is 3.75. The van der Waals surface area contributed by atoms with E-state index in [2.05, 4.69) is 0 Å². The fraction of sp³-hybridized carbons (Fsp3) is 0.556. The molecule has 0 saturated heterocycles. The number of carbonyl (C=O) groups excluding carboxylic acids is 2. The Bertz CT molecular complexity index is 556. The van der Waals surface area contributed by atoms with Crippen LogP contribution in [-0.4, -0.2) is 18.7 Å². The summed E-state index contributed by atoms with van der Waals surface area (Å²) in [4.78, 5) is 26.1. The van der Waals surface area contributed by atoms with Crippen molar-refractivity contribution < 1.29 is 9.59 Å². The quantitative estimate of drug-likeness (QED) is 0.776. The molecule has 1 saturated carbocycles. The Hall–Kier alpha value is -1.64. The Morgan fingerprint density at radius 3 is 2.48 bits per heavy atom. The van der Waals surface area contributed by atoms with Gasteiger partial charge in [-0.15, -0.1) is 0 Å². The van der Waals surface area contributed by atoms with E-state index in [0.29, 0.717) is 6.42 Å². The maximum Gasteiger partial charge on any atom is 0.231 e. The average Bonchev–Trinajstić information content (AvgIpc) is 2.73. The van der Waals surface area contributed by atoms with Crippen LogP contribution in [0.25, 0.3) is 0 Å². The van der Waals surface area contributed by atoms with Gasteiger partial charge in [-0.25, -0.2) is 0 Å². The van der Waals surface area contributed by atoms with Crippen molar-refractivity contribution in [2.45, 2.75) is 51.4 Å². The molecule has 0 bridgehead atoms. The molecular weight excluding hydrogens is 262 g/mol. The molecule has 0 unspecified atom stereocenters. The smallest absolute Gasteiger partial charge is 0.231 e. The normalized spacial score (nSPS) is 20.0. The van der Waals surface area contributed by atoms with Crippen LogP contribution in [0, 0.1) is 5.92 Å². The van der Waals surface area contributed by atoms with E-state index in [9.17, 15) is 9.59 Å². The second-order valence-corrected chi connectivity index (χ2v) is 6.38. The van der Waals surface area contributed by atoms with Crippen LogP contribution in [0.5, 0.6) is 0 Å². The summed E-state index contributed by atoms with van der Waals surface area (Å²) in [6, 6.07) is 5.77. The van der Waals surface area contributed by atoms with Gasteiger partial charge in [0.25, 0.3) is 0 Å². The number of likely N-dealkylation sites (N-methyl/N-ethyl adjacent to an activating group) is 1. The SMILES string of the molecule is CN1C(=O)Cc2cc(C(=O)C3CCCCCCC3)ccc21. The molecule has 1 aliphatic heterocycles. The van der Waals surface area contributed by atoms with Crippen molar-refractivity contribution in [1.82, 2.24) is 0 Å². The Labute approximate surface area is 126 Å². The molecule has 3 heteroatoms. The van der Waals surface area contributed by atoms with Crippen LogP contribution in [0.4, 0.5) is 5.69 Å². The summed E-state index contributed by atoms with van der Waals surface area (Å²) in [6.45, 7) is 0. The monoisotopic (exact) mass is 285 g/mol. The minimum Gasteiger partial charge on any atom is -0.315 e. The number of hydrogen-bond donors (Lipinski definition) is 0. The minimum absolute atomic E-state index is 0.112. The molecule has 112 valence electrons. The van der Waals surface area contributed by atoms with Crippen molar-refractivity contribution in [1.29, 1.82) is 0 Å². The molecule has 21 heavy (non-hydrogen) atoms. The Morgan fingerprint density at radius 2 is 1.76 bits per heavy atom. The lowest BCUT2D eigenvalue weighted by atomic mass is 9.85. The molecule has 3 nitrogen and oxygen atoms in total. The molecule has 0 spiro atoms. The van der Waals surface area contributed by atoms with E-state index in [-0.39, 0.29) is 17.6 Å². The van der Waals surface area contributed by atoms with E-state index in [1.807, 2.05) is 18.2 Å². The maximum absolute atomic E-state index is 12.7. The van der Waals surface area contributed by atoms with Crippen LogP contribution in [0.15, 0.2) is 18.2 Å². The first-order valence-electron chi connectivity index (χ1n) is 8.10. The highest BCUT2D eigenvalue weighted by atomic mass is 16.2. The Morgan fingerprint density at radius 1 is 1.10 bits per heavy atom. The van der Waals surface area contributed by atoms with Gasteiger partial charge in [0.2, 0.25) is 5.91 Å². The lowest BCUT2D eigenvalue weighted by Crippen LogP contribution is -2.20. The van der Waals surface area contributed by atoms with Gasteiger partial charge in [0, 0.05) is 24.2 Å². The lowest BCUT2D eigenvalue weighted by Gasteiger charge is -2.19. The van der Waals surface area contributed by atoms with Crippen LogP contribution in [0.3, 0.4) is 0 Å². The average molecular weight is 285 g/mol.